The van der Waals surface area contributed by atoms with Crippen LogP contribution in [0, 0.1) is 0 Å². The van der Waals surface area contributed by atoms with Crippen molar-refractivity contribution in [2.24, 2.45) is 0 Å². The third kappa shape index (κ3) is 3.29. The molecule has 0 radical (unpaired) electrons. The van der Waals surface area contributed by atoms with E-state index >= 15 is 0 Å². The van der Waals surface area contributed by atoms with Crippen LogP contribution in [-0.2, 0) is 11.3 Å². The van der Waals surface area contributed by atoms with E-state index in [1.54, 1.807) is 6.33 Å². The van der Waals surface area contributed by atoms with Gasteiger partial charge in [0.05, 0.1) is 13.0 Å². The van der Waals surface area contributed by atoms with Crippen molar-refractivity contribution in [3.05, 3.63) is 12.2 Å². The molecule has 0 atom stereocenters. The molecule has 1 aliphatic rings. The molecule has 0 unspecified atom stereocenters. The zero-order valence-electron chi connectivity index (χ0n) is 10.9. The van der Waals surface area contributed by atoms with Crippen LogP contribution in [0.15, 0.2) is 6.33 Å². The number of aliphatic carboxylic acids is 1. The van der Waals surface area contributed by atoms with Gasteiger partial charge in [0.2, 0.25) is 0 Å². The summed E-state index contributed by atoms with van der Waals surface area (Å²) in [7, 11) is 0. The molecular formula is C12H20N4O2. The predicted octanol–water partition coefficient (Wildman–Crippen LogP) is 1.30. The Balaban J connectivity index is 1.99. The lowest BCUT2D eigenvalue weighted by Gasteiger charge is -2.21. The van der Waals surface area contributed by atoms with E-state index in [0.717, 1.165) is 18.7 Å². The van der Waals surface area contributed by atoms with Gasteiger partial charge in [-0.1, -0.05) is 0 Å². The van der Waals surface area contributed by atoms with Crippen molar-refractivity contribution in [2.75, 3.05) is 6.54 Å². The van der Waals surface area contributed by atoms with Gasteiger partial charge in [-0.3, -0.25) is 9.69 Å². The number of carboxylic acids is 1. The van der Waals surface area contributed by atoms with Crippen molar-refractivity contribution in [1.29, 1.82) is 0 Å². The maximum absolute atomic E-state index is 10.7. The van der Waals surface area contributed by atoms with Crippen LogP contribution in [0.4, 0.5) is 0 Å². The second-order valence-corrected chi connectivity index (χ2v) is 5.06. The van der Waals surface area contributed by atoms with Crippen LogP contribution in [-0.4, -0.2) is 43.3 Å². The van der Waals surface area contributed by atoms with Crippen LogP contribution >= 0.6 is 0 Å². The average molecular weight is 252 g/mol. The molecule has 1 aromatic heterocycles. The minimum atomic E-state index is -0.744. The molecule has 0 aromatic carbocycles. The fourth-order valence-corrected chi connectivity index (χ4v) is 2.07. The van der Waals surface area contributed by atoms with E-state index in [0.29, 0.717) is 19.1 Å². The number of carbonyl (C=O) groups is 1. The lowest BCUT2D eigenvalue weighted by Crippen LogP contribution is -2.30. The number of aromatic nitrogens is 3. The molecule has 0 bridgehead atoms. The van der Waals surface area contributed by atoms with E-state index in [2.05, 4.69) is 28.8 Å². The van der Waals surface area contributed by atoms with Crippen molar-refractivity contribution in [3.63, 3.8) is 0 Å². The number of hydrogen-bond donors (Lipinski definition) is 1. The normalized spacial score (nSPS) is 15.6. The molecule has 1 fully saturated rings. The molecule has 1 aliphatic carbocycles. The summed E-state index contributed by atoms with van der Waals surface area (Å²) in [5, 5.41) is 13.0. The monoisotopic (exact) mass is 252 g/mol. The van der Waals surface area contributed by atoms with Gasteiger partial charge in [-0.05, 0) is 26.7 Å². The largest absolute Gasteiger partial charge is 0.481 e. The third-order valence-corrected chi connectivity index (χ3v) is 3.16. The van der Waals surface area contributed by atoms with E-state index < -0.39 is 5.97 Å². The average Bonchev–Trinajstić information content (AvgIpc) is 3.03. The van der Waals surface area contributed by atoms with Crippen molar-refractivity contribution >= 4 is 5.97 Å². The maximum Gasteiger partial charge on any atom is 0.304 e. The number of hydrogen-bond acceptors (Lipinski definition) is 4. The molecule has 6 heteroatoms. The zero-order valence-corrected chi connectivity index (χ0v) is 10.9. The molecule has 1 saturated carbocycles. The molecule has 1 heterocycles. The molecule has 0 spiro atoms. The summed E-state index contributed by atoms with van der Waals surface area (Å²) in [6.45, 7) is 5.41. The fourth-order valence-electron chi connectivity index (χ4n) is 2.07. The summed E-state index contributed by atoms with van der Waals surface area (Å²) < 4.78 is 1.90. The van der Waals surface area contributed by atoms with E-state index in [4.69, 9.17) is 5.11 Å². The second-order valence-electron chi connectivity index (χ2n) is 5.06. The molecule has 2 rings (SSSR count). The molecule has 6 nitrogen and oxygen atoms in total. The minimum Gasteiger partial charge on any atom is -0.481 e. The highest BCUT2D eigenvalue weighted by Gasteiger charge is 2.30. The van der Waals surface area contributed by atoms with Crippen LogP contribution in [0.3, 0.4) is 0 Å². The molecule has 18 heavy (non-hydrogen) atoms. The minimum absolute atomic E-state index is 0.187. The van der Waals surface area contributed by atoms with Gasteiger partial charge in [-0.25, -0.2) is 9.67 Å². The Morgan fingerprint density at radius 2 is 2.33 bits per heavy atom. The van der Waals surface area contributed by atoms with Gasteiger partial charge in [0, 0.05) is 18.6 Å². The van der Waals surface area contributed by atoms with Crippen molar-refractivity contribution in [3.8, 4) is 0 Å². The Bertz CT molecular complexity index is 412. The molecule has 1 aromatic rings. The summed E-state index contributed by atoms with van der Waals surface area (Å²) >= 11 is 0. The van der Waals surface area contributed by atoms with Gasteiger partial charge in [-0.2, -0.15) is 5.10 Å². The Morgan fingerprint density at radius 1 is 1.61 bits per heavy atom. The van der Waals surface area contributed by atoms with Gasteiger partial charge < -0.3 is 5.11 Å². The predicted molar refractivity (Wildman–Crippen MR) is 66.1 cm³/mol. The van der Waals surface area contributed by atoms with E-state index in [1.165, 1.54) is 0 Å². The Hall–Kier alpha value is -1.43. The summed E-state index contributed by atoms with van der Waals surface area (Å²) in [6.07, 6.45) is 4.08. The van der Waals surface area contributed by atoms with Gasteiger partial charge in [0.25, 0.3) is 0 Å². The van der Waals surface area contributed by atoms with Crippen molar-refractivity contribution in [1.82, 2.24) is 19.7 Å². The van der Waals surface area contributed by atoms with Crippen LogP contribution in [0.25, 0.3) is 0 Å². The fraction of sp³-hybridized carbons (Fsp3) is 0.750. The summed E-state index contributed by atoms with van der Waals surface area (Å²) in [4.78, 5) is 17.1. The summed E-state index contributed by atoms with van der Waals surface area (Å²) in [5.74, 6) is 0.174. The lowest BCUT2D eigenvalue weighted by atomic mass is 10.3. The smallest absolute Gasteiger partial charge is 0.304 e. The molecule has 0 aliphatic heterocycles. The Labute approximate surface area is 107 Å². The molecule has 0 amide bonds. The van der Waals surface area contributed by atoms with E-state index in [9.17, 15) is 4.79 Å². The number of carboxylic acid groups (broad SMARTS) is 1. The van der Waals surface area contributed by atoms with Crippen molar-refractivity contribution < 1.29 is 9.90 Å². The first-order chi connectivity index (χ1) is 8.58. The first kappa shape index (κ1) is 13.0. The van der Waals surface area contributed by atoms with E-state index in [1.807, 2.05) is 4.68 Å². The Kier molecular flexibility index (Phi) is 3.96. The number of nitrogens with zero attached hydrogens (tertiary/aromatic N) is 4. The van der Waals surface area contributed by atoms with Crippen LogP contribution in [0.2, 0.25) is 0 Å². The maximum atomic E-state index is 10.7. The molecule has 0 saturated heterocycles. The third-order valence-electron chi connectivity index (χ3n) is 3.16. The molecular weight excluding hydrogens is 232 g/mol. The van der Waals surface area contributed by atoms with Crippen LogP contribution in [0.1, 0.15) is 45.0 Å². The van der Waals surface area contributed by atoms with Crippen molar-refractivity contribution in [2.45, 2.75) is 51.7 Å². The topological polar surface area (TPSA) is 71.2 Å². The summed E-state index contributed by atoms with van der Waals surface area (Å²) in [5.41, 5.74) is 0. The highest BCUT2D eigenvalue weighted by Crippen LogP contribution is 2.28. The molecule has 100 valence electrons. The zero-order chi connectivity index (χ0) is 13.1. The highest BCUT2D eigenvalue weighted by molar-refractivity contribution is 5.66. The standard InChI is InChI=1S/C12H20N4O2/c1-9(2)16-11(13-8-14-16)7-15(10-3-4-10)6-5-12(17)18/h8-10H,3-7H2,1-2H3,(H,17,18). The first-order valence-electron chi connectivity index (χ1n) is 6.42. The first-order valence-corrected chi connectivity index (χ1v) is 6.42. The lowest BCUT2D eigenvalue weighted by molar-refractivity contribution is -0.137. The second kappa shape index (κ2) is 5.48. The SMILES string of the molecule is CC(C)n1ncnc1CN(CCC(=O)O)C1CC1. The number of rotatable bonds is 7. The van der Waals surface area contributed by atoms with Gasteiger partial charge in [0.15, 0.2) is 0 Å². The van der Waals surface area contributed by atoms with Crippen LogP contribution in [0.5, 0.6) is 0 Å². The Morgan fingerprint density at radius 3 is 2.89 bits per heavy atom. The van der Waals surface area contributed by atoms with Crippen LogP contribution < -0.4 is 0 Å². The van der Waals surface area contributed by atoms with Gasteiger partial charge in [-0.15, -0.1) is 0 Å². The van der Waals surface area contributed by atoms with Gasteiger partial charge >= 0.3 is 5.97 Å². The summed E-state index contributed by atoms with van der Waals surface area (Å²) in [6, 6.07) is 0.810. The van der Waals surface area contributed by atoms with Gasteiger partial charge in [0.1, 0.15) is 12.2 Å². The van der Waals surface area contributed by atoms with E-state index in [-0.39, 0.29) is 12.5 Å². The molecule has 1 N–H and O–H groups in total. The highest BCUT2D eigenvalue weighted by atomic mass is 16.4. The quantitative estimate of drug-likeness (QED) is 0.792.